The van der Waals surface area contributed by atoms with Crippen molar-refractivity contribution in [3.05, 3.63) is 70.8 Å². The van der Waals surface area contributed by atoms with E-state index in [-0.39, 0.29) is 23.8 Å². The second-order valence-electron chi connectivity index (χ2n) is 10.7. The third-order valence-corrected chi connectivity index (χ3v) is 8.46. The molecule has 5 rings (SSSR count). The maximum Gasteiger partial charge on any atom is 0.416 e. The molecule has 2 aliphatic carbocycles. The number of carbonyl (C=O) groups is 1. The van der Waals surface area contributed by atoms with E-state index < -0.39 is 23.0 Å². The predicted octanol–water partition coefficient (Wildman–Crippen LogP) is 6.43. The van der Waals surface area contributed by atoms with Gasteiger partial charge < -0.3 is 10.2 Å². The first kappa shape index (κ1) is 25.2. The molecule has 1 saturated heterocycles. The second kappa shape index (κ2) is 9.77. The number of likely N-dealkylation sites (tertiary alicyclic amines) is 1. The highest BCUT2D eigenvalue weighted by Gasteiger charge is 2.55. The lowest BCUT2D eigenvalue weighted by Gasteiger charge is -2.37. The van der Waals surface area contributed by atoms with Crippen LogP contribution >= 0.6 is 0 Å². The molecule has 1 amide bonds. The summed E-state index contributed by atoms with van der Waals surface area (Å²) in [5, 5.41) is 2.84. The van der Waals surface area contributed by atoms with Crippen molar-refractivity contribution in [2.75, 3.05) is 13.1 Å². The number of carbonyl (C=O) groups excluding carboxylic acids is 1. The zero-order valence-corrected chi connectivity index (χ0v) is 20.1. The molecule has 3 nitrogen and oxygen atoms in total. The number of rotatable bonds is 6. The first-order valence-electron chi connectivity index (χ1n) is 12.8. The normalized spacial score (nSPS) is 25.8. The largest absolute Gasteiger partial charge is 0.416 e. The summed E-state index contributed by atoms with van der Waals surface area (Å²) in [5.74, 6) is -0.595. The average Bonchev–Trinajstić information content (AvgIpc) is 3.61. The Morgan fingerprint density at radius 2 is 1.64 bits per heavy atom. The van der Waals surface area contributed by atoms with Crippen molar-refractivity contribution < 1.29 is 26.7 Å². The van der Waals surface area contributed by atoms with E-state index in [1.807, 2.05) is 12.1 Å². The number of piperidine rings is 1. The Bertz CT molecular complexity index is 1090. The van der Waals surface area contributed by atoms with Gasteiger partial charge in [0, 0.05) is 12.6 Å². The molecule has 2 unspecified atom stereocenters. The van der Waals surface area contributed by atoms with Crippen molar-refractivity contribution in [1.29, 1.82) is 0 Å². The number of nitrogens with one attached hydrogen (secondary N) is 1. The summed E-state index contributed by atoms with van der Waals surface area (Å²) in [6.45, 7) is 1.74. The molecule has 8 heteroatoms. The molecule has 1 heterocycles. The van der Waals surface area contributed by atoms with E-state index in [9.17, 15) is 26.7 Å². The lowest BCUT2D eigenvalue weighted by molar-refractivity contribution is -0.137. The van der Waals surface area contributed by atoms with Crippen molar-refractivity contribution >= 4 is 5.91 Å². The fourth-order valence-electron chi connectivity index (χ4n) is 6.37. The van der Waals surface area contributed by atoms with Gasteiger partial charge in [-0.25, -0.2) is 8.78 Å². The molecule has 2 saturated carbocycles. The summed E-state index contributed by atoms with van der Waals surface area (Å²) in [5.41, 5.74) is -0.272. The van der Waals surface area contributed by atoms with Gasteiger partial charge in [-0.3, -0.25) is 4.79 Å². The van der Waals surface area contributed by atoms with Crippen LogP contribution in [0.15, 0.2) is 42.5 Å². The van der Waals surface area contributed by atoms with Crippen LogP contribution < -0.4 is 5.32 Å². The fraction of sp³-hybridized carbons (Fsp3) is 0.536. The van der Waals surface area contributed by atoms with Gasteiger partial charge in [0.2, 0.25) is 5.91 Å². The van der Waals surface area contributed by atoms with Crippen molar-refractivity contribution in [2.24, 2.45) is 11.3 Å². The zero-order chi connectivity index (χ0) is 25.5. The Kier molecular flexibility index (Phi) is 6.83. The van der Waals surface area contributed by atoms with E-state index >= 15 is 0 Å². The Morgan fingerprint density at radius 1 is 0.944 bits per heavy atom. The number of hydrogen-bond acceptors (Lipinski definition) is 2. The molecule has 3 aliphatic rings. The minimum atomic E-state index is -4.64. The lowest BCUT2D eigenvalue weighted by atomic mass is 9.79. The minimum absolute atomic E-state index is 0.110. The summed E-state index contributed by atoms with van der Waals surface area (Å²) in [6, 6.07) is 9.46. The smallest absolute Gasteiger partial charge is 0.352 e. The van der Waals surface area contributed by atoms with E-state index in [1.54, 1.807) is 0 Å². The van der Waals surface area contributed by atoms with Crippen LogP contribution in [0, 0.1) is 23.0 Å². The van der Waals surface area contributed by atoms with Gasteiger partial charge in [0.05, 0.1) is 11.0 Å². The van der Waals surface area contributed by atoms with Crippen molar-refractivity contribution in [2.45, 2.75) is 69.6 Å². The molecule has 1 aliphatic heterocycles. The summed E-state index contributed by atoms with van der Waals surface area (Å²) in [4.78, 5) is 15.9. The molecular weight excluding hydrogens is 475 g/mol. The maximum absolute atomic E-state index is 13.8. The average molecular weight is 507 g/mol. The van der Waals surface area contributed by atoms with Crippen LogP contribution in [0.4, 0.5) is 22.0 Å². The third kappa shape index (κ3) is 5.29. The molecule has 3 fully saturated rings. The number of benzene rings is 2. The van der Waals surface area contributed by atoms with E-state index in [2.05, 4.69) is 10.2 Å². The van der Waals surface area contributed by atoms with Gasteiger partial charge in [-0.05, 0) is 111 Å². The minimum Gasteiger partial charge on any atom is -0.352 e. The van der Waals surface area contributed by atoms with Crippen LogP contribution in [0.1, 0.15) is 67.6 Å². The Morgan fingerprint density at radius 3 is 2.28 bits per heavy atom. The molecule has 0 spiro atoms. The lowest BCUT2D eigenvalue weighted by Crippen LogP contribution is -2.44. The van der Waals surface area contributed by atoms with Gasteiger partial charge >= 0.3 is 6.18 Å². The topological polar surface area (TPSA) is 32.3 Å². The standard InChI is InChI=1S/C28H31F5N2O/c29-23-5-1-19(2-6-23)20-8-11-35(12-9-20)25-7-10-27(16-25,21-3-4-21)26(36)34-17-18-13-22(28(31,32)33)15-24(30)14-18/h1-2,5-6,13-15,20-21,25H,3-4,7-12,16-17H2,(H,34,36). The third-order valence-electron chi connectivity index (χ3n) is 8.46. The highest BCUT2D eigenvalue weighted by atomic mass is 19.4. The number of hydrogen-bond donors (Lipinski definition) is 1. The fourth-order valence-corrected chi connectivity index (χ4v) is 6.37. The highest BCUT2D eigenvalue weighted by molar-refractivity contribution is 5.83. The molecule has 2 atom stereocenters. The van der Waals surface area contributed by atoms with Crippen LogP contribution in [0.3, 0.4) is 0 Å². The van der Waals surface area contributed by atoms with Crippen LogP contribution in [-0.4, -0.2) is 29.9 Å². The maximum atomic E-state index is 13.8. The summed E-state index contributed by atoms with van der Waals surface area (Å²) in [7, 11) is 0. The molecule has 0 radical (unpaired) electrons. The van der Waals surface area contributed by atoms with Gasteiger partial charge in [-0.15, -0.1) is 0 Å². The molecule has 2 aromatic carbocycles. The Balaban J connectivity index is 1.20. The number of alkyl halides is 3. The Hall–Kier alpha value is -2.48. The molecule has 1 N–H and O–H groups in total. The van der Waals surface area contributed by atoms with Gasteiger partial charge in [-0.1, -0.05) is 12.1 Å². The first-order valence-corrected chi connectivity index (χ1v) is 12.8. The first-order chi connectivity index (χ1) is 17.1. The zero-order valence-electron chi connectivity index (χ0n) is 20.1. The monoisotopic (exact) mass is 506 g/mol. The van der Waals surface area contributed by atoms with E-state index in [4.69, 9.17) is 0 Å². The van der Waals surface area contributed by atoms with Crippen LogP contribution in [0.25, 0.3) is 0 Å². The molecule has 2 aromatic rings. The second-order valence-corrected chi connectivity index (χ2v) is 10.7. The van der Waals surface area contributed by atoms with Crippen molar-refractivity contribution in [1.82, 2.24) is 10.2 Å². The van der Waals surface area contributed by atoms with Crippen LogP contribution in [0.5, 0.6) is 0 Å². The molecule has 0 aromatic heterocycles. The predicted molar refractivity (Wildman–Crippen MR) is 126 cm³/mol. The van der Waals surface area contributed by atoms with Gasteiger partial charge in [0.25, 0.3) is 0 Å². The summed E-state index contributed by atoms with van der Waals surface area (Å²) in [6.07, 6.45) is 1.76. The number of amides is 1. The molecule has 194 valence electrons. The molecular formula is C28H31F5N2O. The number of nitrogens with zero attached hydrogens (tertiary/aromatic N) is 1. The summed E-state index contributed by atoms with van der Waals surface area (Å²) < 4.78 is 66.2. The van der Waals surface area contributed by atoms with Crippen molar-refractivity contribution in [3.8, 4) is 0 Å². The molecule has 36 heavy (non-hydrogen) atoms. The van der Waals surface area contributed by atoms with E-state index in [1.165, 1.54) is 17.7 Å². The van der Waals surface area contributed by atoms with Crippen LogP contribution in [0.2, 0.25) is 0 Å². The van der Waals surface area contributed by atoms with Crippen molar-refractivity contribution in [3.63, 3.8) is 0 Å². The van der Waals surface area contributed by atoms with Crippen LogP contribution in [-0.2, 0) is 17.5 Å². The van der Waals surface area contributed by atoms with E-state index in [0.717, 1.165) is 70.2 Å². The molecule has 0 bridgehead atoms. The SMILES string of the molecule is O=C(NCc1cc(F)cc(C(F)(F)F)c1)C1(C2CC2)CCC(N2CCC(c3ccc(F)cc3)CC2)C1. The number of halogens is 5. The van der Waals surface area contributed by atoms with Gasteiger partial charge in [0.15, 0.2) is 0 Å². The Labute approximate surface area is 208 Å². The van der Waals surface area contributed by atoms with Gasteiger partial charge in [0.1, 0.15) is 11.6 Å². The highest BCUT2D eigenvalue weighted by Crippen LogP contribution is 2.56. The summed E-state index contributed by atoms with van der Waals surface area (Å²) >= 11 is 0. The van der Waals surface area contributed by atoms with Gasteiger partial charge in [-0.2, -0.15) is 13.2 Å². The quantitative estimate of drug-likeness (QED) is 0.458. The van der Waals surface area contributed by atoms with E-state index in [0.29, 0.717) is 23.9 Å².